The van der Waals surface area contributed by atoms with E-state index in [-0.39, 0.29) is 18.9 Å². The first-order valence-corrected chi connectivity index (χ1v) is 32.7. The molecule has 0 spiro atoms. The van der Waals surface area contributed by atoms with Gasteiger partial charge >= 0.3 is 0 Å². The van der Waals surface area contributed by atoms with E-state index in [1.165, 1.54) is 154 Å². The van der Waals surface area contributed by atoms with Crippen molar-refractivity contribution in [1.82, 2.24) is 5.32 Å². The summed E-state index contributed by atoms with van der Waals surface area (Å²) in [5, 5.41) is 87.2. The van der Waals surface area contributed by atoms with Crippen LogP contribution in [0.1, 0.15) is 251 Å². The van der Waals surface area contributed by atoms with Gasteiger partial charge in [0.15, 0.2) is 12.6 Å². The minimum Gasteiger partial charge on any atom is -0.394 e. The van der Waals surface area contributed by atoms with Gasteiger partial charge in [-0.3, -0.25) is 4.79 Å². The monoisotopic (exact) mass is 1150 g/mol. The van der Waals surface area contributed by atoms with Gasteiger partial charge in [-0.15, -0.1) is 0 Å². The zero-order valence-corrected chi connectivity index (χ0v) is 50.8. The number of rotatable bonds is 52. The molecule has 0 aliphatic carbocycles. The van der Waals surface area contributed by atoms with Crippen molar-refractivity contribution in [2.45, 2.75) is 325 Å². The van der Waals surface area contributed by atoms with Crippen LogP contribution in [0.3, 0.4) is 0 Å². The van der Waals surface area contributed by atoms with Gasteiger partial charge in [0, 0.05) is 6.42 Å². The lowest BCUT2D eigenvalue weighted by atomic mass is 9.97. The molecule has 2 saturated heterocycles. The number of unbranched alkanes of at least 4 members (excludes halogenated alkanes) is 29. The Balaban J connectivity index is 1.67. The fourth-order valence-electron chi connectivity index (χ4n) is 10.4. The third-order valence-corrected chi connectivity index (χ3v) is 15.6. The highest BCUT2D eigenvalue weighted by Gasteiger charge is 2.51. The van der Waals surface area contributed by atoms with Crippen LogP contribution in [0.2, 0.25) is 0 Å². The van der Waals surface area contributed by atoms with Crippen LogP contribution in [-0.2, 0) is 23.7 Å². The molecule has 14 nitrogen and oxygen atoms in total. The van der Waals surface area contributed by atoms with Crippen molar-refractivity contribution in [1.29, 1.82) is 0 Å². The maximum atomic E-state index is 13.3. The number of hydrogen-bond donors (Lipinski definition) is 9. The molecule has 0 bridgehead atoms. The lowest BCUT2D eigenvalue weighted by molar-refractivity contribution is -0.359. The third-order valence-electron chi connectivity index (χ3n) is 15.6. The van der Waals surface area contributed by atoms with Crippen LogP contribution >= 0.6 is 0 Å². The van der Waals surface area contributed by atoms with E-state index >= 15 is 0 Å². The largest absolute Gasteiger partial charge is 0.394 e. The molecule has 1 amide bonds. The number of amides is 1. The maximum Gasteiger partial charge on any atom is 0.220 e. The summed E-state index contributed by atoms with van der Waals surface area (Å²) < 4.78 is 22.8. The fourth-order valence-corrected chi connectivity index (χ4v) is 10.4. The summed E-state index contributed by atoms with van der Waals surface area (Å²) >= 11 is 0. The Bertz CT molecular complexity index is 1630. The van der Waals surface area contributed by atoms with Gasteiger partial charge in [-0.05, 0) is 64.2 Å². The van der Waals surface area contributed by atoms with Crippen molar-refractivity contribution < 1.29 is 64.6 Å². The van der Waals surface area contributed by atoms with Crippen LogP contribution in [0.25, 0.3) is 0 Å². The molecule has 2 aliphatic rings. The lowest BCUT2D eigenvalue weighted by Crippen LogP contribution is -2.65. The average Bonchev–Trinajstić information content (AvgIpc) is 3.47. The topological polar surface area (TPSA) is 228 Å². The zero-order valence-electron chi connectivity index (χ0n) is 50.8. The van der Waals surface area contributed by atoms with E-state index in [2.05, 4.69) is 79.9 Å². The predicted octanol–water partition coefficient (Wildman–Crippen LogP) is 12.3. The van der Waals surface area contributed by atoms with Crippen molar-refractivity contribution in [3.63, 3.8) is 0 Å². The van der Waals surface area contributed by atoms with E-state index in [9.17, 15) is 45.6 Å². The van der Waals surface area contributed by atoms with E-state index in [1.54, 1.807) is 6.08 Å². The summed E-state index contributed by atoms with van der Waals surface area (Å²) in [4.78, 5) is 13.3. The van der Waals surface area contributed by atoms with Gasteiger partial charge in [-0.2, -0.15) is 0 Å². The molecule has 470 valence electrons. The number of carbonyl (C=O) groups excluding carboxylic acids is 1. The Kier molecular flexibility index (Phi) is 47.7. The van der Waals surface area contributed by atoms with E-state index in [0.717, 1.165) is 70.6 Å². The molecule has 12 atom stereocenters. The van der Waals surface area contributed by atoms with E-state index < -0.39 is 86.8 Å². The average molecular weight is 1150 g/mol. The highest BCUT2D eigenvalue weighted by atomic mass is 16.7. The Morgan fingerprint density at radius 2 is 0.852 bits per heavy atom. The summed E-state index contributed by atoms with van der Waals surface area (Å²) in [6, 6.07) is -0.917. The summed E-state index contributed by atoms with van der Waals surface area (Å²) in [5.74, 6) is -0.240. The van der Waals surface area contributed by atoms with Crippen LogP contribution in [0.15, 0.2) is 72.9 Å². The smallest absolute Gasteiger partial charge is 0.220 e. The van der Waals surface area contributed by atoms with E-state index in [0.29, 0.717) is 6.42 Å². The Labute approximate surface area is 491 Å². The van der Waals surface area contributed by atoms with Crippen LogP contribution in [0.5, 0.6) is 0 Å². The molecular formula is C67H119NO13. The van der Waals surface area contributed by atoms with Crippen LogP contribution in [0.4, 0.5) is 0 Å². The number of aliphatic hydroxyl groups is 8. The van der Waals surface area contributed by atoms with Gasteiger partial charge in [-0.25, -0.2) is 0 Å². The molecule has 12 unspecified atom stereocenters. The second-order valence-corrected chi connectivity index (χ2v) is 22.9. The summed E-state index contributed by atoms with van der Waals surface area (Å²) in [6.07, 6.45) is 52.3. The SMILES string of the molecule is CC/C=C\C/C=C\C/C=C\C/C=C\C/C=C\CCCCCCCCCCCCCCCCCC(=O)NC(COC1OC(CO)C(OC2OC(CO)C(O)C(O)C2O)C(O)C1O)C(O)/C=C/CCCCCCCCCCCCCCCC. The van der Waals surface area contributed by atoms with Crippen LogP contribution in [0, 0.1) is 0 Å². The zero-order chi connectivity index (χ0) is 58.8. The quantitative estimate of drug-likeness (QED) is 0.0204. The van der Waals surface area contributed by atoms with Crippen molar-refractivity contribution in [3.05, 3.63) is 72.9 Å². The molecule has 2 heterocycles. The van der Waals surface area contributed by atoms with Gasteiger partial charge in [-0.1, -0.05) is 254 Å². The first kappa shape index (κ1) is 74.5. The van der Waals surface area contributed by atoms with E-state index in [1.807, 2.05) is 6.08 Å². The molecule has 14 heteroatoms. The molecule has 0 aromatic heterocycles. The molecule has 2 aliphatic heterocycles. The Hall–Kier alpha value is -2.57. The molecule has 0 aromatic rings. The maximum absolute atomic E-state index is 13.3. The number of ether oxygens (including phenoxy) is 4. The molecule has 9 N–H and O–H groups in total. The minimum absolute atomic E-state index is 0.240. The summed E-state index contributed by atoms with van der Waals surface area (Å²) in [5.41, 5.74) is 0. The molecule has 0 saturated carbocycles. The lowest BCUT2D eigenvalue weighted by Gasteiger charge is -2.46. The van der Waals surface area contributed by atoms with Crippen LogP contribution in [-0.4, -0.2) is 140 Å². The van der Waals surface area contributed by atoms with Crippen LogP contribution < -0.4 is 5.32 Å². The van der Waals surface area contributed by atoms with Crippen molar-refractivity contribution in [2.75, 3.05) is 19.8 Å². The third kappa shape index (κ3) is 36.8. The first-order valence-electron chi connectivity index (χ1n) is 32.7. The number of carbonyl (C=O) groups is 1. The Morgan fingerprint density at radius 3 is 1.31 bits per heavy atom. The van der Waals surface area contributed by atoms with Gasteiger partial charge in [0.1, 0.15) is 48.8 Å². The Morgan fingerprint density at radius 1 is 0.457 bits per heavy atom. The molecule has 0 radical (unpaired) electrons. The predicted molar refractivity (Wildman–Crippen MR) is 327 cm³/mol. The number of allylic oxidation sites excluding steroid dienone is 11. The van der Waals surface area contributed by atoms with Gasteiger partial charge < -0.3 is 65.1 Å². The fraction of sp³-hybridized carbons (Fsp3) is 0.806. The summed E-state index contributed by atoms with van der Waals surface area (Å²) in [7, 11) is 0. The molecule has 2 fully saturated rings. The van der Waals surface area contributed by atoms with Crippen molar-refractivity contribution in [2.24, 2.45) is 0 Å². The highest BCUT2D eigenvalue weighted by Crippen LogP contribution is 2.30. The normalized spacial score (nSPS) is 24.6. The molecule has 81 heavy (non-hydrogen) atoms. The van der Waals surface area contributed by atoms with Gasteiger partial charge in [0.05, 0.1) is 32.0 Å². The number of hydrogen-bond acceptors (Lipinski definition) is 13. The van der Waals surface area contributed by atoms with Gasteiger partial charge in [0.25, 0.3) is 0 Å². The first-order chi connectivity index (χ1) is 39.6. The number of nitrogens with one attached hydrogen (secondary N) is 1. The summed E-state index contributed by atoms with van der Waals surface area (Å²) in [6.45, 7) is 2.70. The minimum atomic E-state index is -1.79. The second kappa shape index (κ2) is 51.8. The van der Waals surface area contributed by atoms with E-state index in [4.69, 9.17) is 18.9 Å². The molecule has 2 rings (SSSR count). The van der Waals surface area contributed by atoms with Gasteiger partial charge in [0.2, 0.25) is 5.91 Å². The van der Waals surface area contributed by atoms with Crippen molar-refractivity contribution >= 4 is 5.91 Å². The highest BCUT2D eigenvalue weighted by molar-refractivity contribution is 5.76. The molecule has 0 aromatic carbocycles. The standard InChI is InChI=1S/C67H119NO13/c1-3-5-7-9-11-13-15-17-19-21-22-23-24-25-26-27-28-29-30-31-32-33-34-35-37-39-41-43-45-47-49-51-59(72)68-55(56(71)50-48-46-44-42-40-38-36-20-18-16-14-12-10-8-6-4-2)54-78-66-64(77)62(75)65(58(53-70)80-66)81-67-63(76)61(74)60(73)57(52-69)79-67/h5,7,11,13,17,19,22-23,25-26,48,50,55-58,60-67,69-71,73-77H,3-4,6,8-10,12,14-16,18,20-21,24,27-47,49,51-54H2,1-2H3,(H,68,72)/b7-5-,13-11-,19-17-,23-22-,26-25-,50-48+. The molecular weight excluding hydrogens is 1030 g/mol. The number of aliphatic hydroxyl groups excluding tert-OH is 8. The van der Waals surface area contributed by atoms with Crippen molar-refractivity contribution in [3.8, 4) is 0 Å². The second-order valence-electron chi connectivity index (χ2n) is 22.9.